The van der Waals surface area contributed by atoms with Gasteiger partial charge in [-0.3, -0.25) is 0 Å². The van der Waals surface area contributed by atoms with Crippen molar-refractivity contribution in [2.75, 3.05) is 0 Å². The molecular weight excluding hydrogens is 266 g/mol. The zero-order valence-electron chi connectivity index (χ0n) is 11.7. The number of rotatable bonds is 4. The predicted octanol–water partition coefficient (Wildman–Crippen LogP) is 3.59. The number of hydrogen-bond acceptors (Lipinski definition) is 5. The van der Waals surface area contributed by atoms with Crippen molar-refractivity contribution in [1.82, 2.24) is 15.0 Å². The molecule has 0 saturated heterocycles. The van der Waals surface area contributed by atoms with Gasteiger partial charge in [-0.1, -0.05) is 30.4 Å². The average molecular weight is 281 g/mol. The second-order valence-corrected chi connectivity index (χ2v) is 4.56. The molecule has 1 aliphatic rings. The Morgan fingerprint density at radius 2 is 1.71 bits per heavy atom. The summed E-state index contributed by atoms with van der Waals surface area (Å²) in [5, 5.41) is 0. The van der Waals surface area contributed by atoms with E-state index in [-0.39, 0.29) is 12.0 Å². The summed E-state index contributed by atoms with van der Waals surface area (Å²) in [6.45, 7) is 1.78. The van der Waals surface area contributed by atoms with Gasteiger partial charge in [0.15, 0.2) is 0 Å². The summed E-state index contributed by atoms with van der Waals surface area (Å²) >= 11 is 0. The van der Waals surface area contributed by atoms with Gasteiger partial charge in [-0.25, -0.2) is 0 Å². The molecular formula is C16H15N3O2. The number of ether oxygens (including phenoxy) is 2. The van der Waals surface area contributed by atoms with Crippen LogP contribution in [-0.2, 0) is 0 Å². The molecule has 1 aromatic carbocycles. The topological polar surface area (TPSA) is 57.1 Å². The van der Waals surface area contributed by atoms with Crippen molar-refractivity contribution in [1.29, 1.82) is 0 Å². The number of hydrogen-bond donors (Lipinski definition) is 0. The third-order valence-electron chi connectivity index (χ3n) is 2.86. The number of aromatic nitrogens is 3. The second-order valence-electron chi connectivity index (χ2n) is 4.56. The Labute approximate surface area is 123 Å². The van der Waals surface area contributed by atoms with Gasteiger partial charge in [-0.05, 0) is 31.6 Å². The molecule has 0 unspecified atom stereocenters. The fourth-order valence-corrected chi connectivity index (χ4v) is 1.90. The van der Waals surface area contributed by atoms with Crippen molar-refractivity contribution in [2.45, 2.75) is 19.8 Å². The lowest BCUT2D eigenvalue weighted by Gasteiger charge is -2.10. The van der Waals surface area contributed by atoms with E-state index in [1.807, 2.05) is 42.5 Å². The highest BCUT2D eigenvalue weighted by molar-refractivity contribution is 5.24. The predicted molar refractivity (Wildman–Crippen MR) is 78.2 cm³/mol. The largest absolute Gasteiger partial charge is 0.429 e. The van der Waals surface area contributed by atoms with E-state index < -0.39 is 0 Å². The van der Waals surface area contributed by atoms with Crippen LogP contribution in [0.1, 0.15) is 18.7 Å². The molecule has 0 amide bonds. The summed E-state index contributed by atoms with van der Waals surface area (Å²) in [6.07, 6.45) is 7.78. The first-order valence-corrected chi connectivity index (χ1v) is 6.79. The van der Waals surface area contributed by atoms with Crippen molar-refractivity contribution in [2.24, 2.45) is 0 Å². The maximum absolute atomic E-state index is 5.68. The molecule has 0 bridgehead atoms. The van der Waals surface area contributed by atoms with Gasteiger partial charge < -0.3 is 9.47 Å². The minimum absolute atomic E-state index is 0.232. The Balaban J connectivity index is 1.79. The number of aryl methyl sites for hydroxylation is 1. The zero-order valence-corrected chi connectivity index (χ0v) is 11.7. The van der Waals surface area contributed by atoms with E-state index in [4.69, 9.17) is 9.47 Å². The fourth-order valence-electron chi connectivity index (χ4n) is 1.90. The third-order valence-corrected chi connectivity index (χ3v) is 2.86. The third kappa shape index (κ3) is 3.66. The molecule has 0 radical (unpaired) electrons. The van der Waals surface area contributed by atoms with E-state index in [1.165, 1.54) is 0 Å². The van der Waals surface area contributed by atoms with Crippen LogP contribution < -0.4 is 9.47 Å². The number of allylic oxidation sites excluding steroid dienone is 4. The maximum atomic E-state index is 5.68. The SMILES string of the molecule is Cc1nc(OC2=CC=CCC2)nc(Oc2ccccc2)n1. The average Bonchev–Trinajstić information content (AvgIpc) is 2.48. The van der Waals surface area contributed by atoms with Gasteiger partial charge in [0.05, 0.1) is 0 Å². The summed E-state index contributed by atoms with van der Waals surface area (Å²) in [5.74, 6) is 2.07. The number of para-hydroxylation sites is 1. The summed E-state index contributed by atoms with van der Waals surface area (Å²) < 4.78 is 11.3. The molecule has 5 heteroatoms. The number of benzene rings is 1. The van der Waals surface area contributed by atoms with Gasteiger partial charge >= 0.3 is 12.0 Å². The van der Waals surface area contributed by atoms with Crippen LogP contribution in [0, 0.1) is 6.92 Å². The smallest absolute Gasteiger partial charge is 0.328 e. The van der Waals surface area contributed by atoms with E-state index in [0.29, 0.717) is 11.6 Å². The van der Waals surface area contributed by atoms with Gasteiger partial charge in [0, 0.05) is 6.42 Å². The van der Waals surface area contributed by atoms with Crippen molar-refractivity contribution >= 4 is 0 Å². The summed E-state index contributed by atoms with van der Waals surface area (Å²) in [6, 6.07) is 9.87. The lowest BCUT2D eigenvalue weighted by Crippen LogP contribution is -2.04. The minimum atomic E-state index is 0.232. The molecule has 0 spiro atoms. The van der Waals surface area contributed by atoms with Crippen molar-refractivity contribution in [3.8, 4) is 17.8 Å². The van der Waals surface area contributed by atoms with Crippen LogP contribution in [0.3, 0.4) is 0 Å². The van der Waals surface area contributed by atoms with Crippen LogP contribution in [0.5, 0.6) is 17.8 Å². The highest BCUT2D eigenvalue weighted by Gasteiger charge is 2.10. The highest BCUT2D eigenvalue weighted by Crippen LogP contribution is 2.21. The maximum Gasteiger partial charge on any atom is 0.328 e. The molecule has 0 N–H and O–H groups in total. The van der Waals surface area contributed by atoms with Gasteiger partial charge in [-0.2, -0.15) is 9.97 Å². The van der Waals surface area contributed by atoms with E-state index in [9.17, 15) is 0 Å². The summed E-state index contributed by atoms with van der Waals surface area (Å²) in [5.41, 5.74) is 0. The van der Waals surface area contributed by atoms with Crippen LogP contribution in [0.2, 0.25) is 0 Å². The Bertz CT molecular complexity index is 681. The summed E-state index contributed by atoms with van der Waals surface area (Å²) in [7, 11) is 0. The lowest BCUT2D eigenvalue weighted by atomic mass is 10.2. The standard InChI is InChI=1S/C16H15N3O2/c1-12-17-15(20-13-8-4-2-5-9-13)19-16(18-12)21-14-10-6-3-7-11-14/h2-6,8-10H,7,11H2,1H3. The molecule has 0 atom stereocenters. The molecule has 106 valence electrons. The molecule has 5 nitrogen and oxygen atoms in total. The van der Waals surface area contributed by atoms with Crippen LogP contribution in [-0.4, -0.2) is 15.0 Å². The normalized spacial score (nSPS) is 13.7. The molecule has 2 aromatic rings. The molecule has 0 saturated carbocycles. The van der Waals surface area contributed by atoms with E-state index >= 15 is 0 Å². The summed E-state index contributed by atoms with van der Waals surface area (Å²) in [4.78, 5) is 12.5. The molecule has 3 rings (SSSR count). The molecule has 1 heterocycles. The zero-order chi connectivity index (χ0) is 14.5. The molecule has 0 fully saturated rings. The van der Waals surface area contributed by atoms with Gasteiger partial charge in [-0.15, -0.1) is 4.98 Å². The Kier molecular flexibility index (Phi) is 3.91. The van der Waals surface area contributed by atoms with Crippen molar-refractivity contribution < 1.29 is 9.47 Å². The minimum Gasteiger partial charge on any atom is -0.429 e. The van der Waals surface area contributed by atoms with Gasteiger partial charge in [0.25, 0.3) is 0 Å². The van der Waals surface area contributed by atoms with E-state index in [1.54, 1.807) is 6.92 Å². The van der Waals surface area contributed by atoms with Gasteiger partial charge in [0.2, 0.25) is 0 Å². The molecule has 1 aliphatic carbocycles. The quantitative estimate of drug-likeness (QED) is 0.857. The highest BCUT2D eigenvalue weighted by atomic mass is 16.5. The van der Waals surface area contributed by atoms with E-state index in [0.717, 1.165) is 18.6 Å². The van der Waals surface area contributed by atoms with Crippen molar-refractivity contribution in [3.63, 3.8) is 0 Å². The Morgan fingerprint density at radius 3 is 2.43 bits per heavy atom. The van der Waals surface area contributed by atoms with Crippen molar-refractivity contribution in [3.05, 3.63) is 60.1 Å². The van der Waals surface area contributed by atoms with E-state index in [2.05, 4.69) is 21.0 Å². The molecule has 0 aliphatic heterocycles. The Morgan fingerprint density at radius 1 is 0.952 bits per heavy atom. The van der Waals surface area contributed by atoms with Crippen LogP contribution in [0.15, 0.2) is 54.3 Å². The fraction of sp³-hybridized carbons (Fsp3) is 0.188. The first kappa shape index (κ1) is 13.3. The second kappa shape index (κ2) is 6.17. The van der Waals surface area contributed by atoms with Crippen LogP contribution >= 0.6 is 0 Å². The molecule has 21 heavy (non-hydrogen) atoms. The monoisotopic (exact) mass is 281 g/mol. The first-order chi connectivity index (χ1) is 10.3. The lowest BCUT2D eigenvalue weighted by molar-refractivity contribution is 0.352. The van der Waals surface area contributed by atoms with Gasteiger partial charge in [0.1, 0.15) is 17.3 Å². The molecule has 1 aromatic heterocycles. The van der Waals surface area contributed by atoms with Crippen LogP contribution in [0.25, 0.3) is 0 Å². The number of nitrogens with zero attached hydrogens (tertiary/aromatic N) is 3. The Hall–Kier alpha value is -2.69. The van der Waals surface area contributed by atoms with Crippen LogP contribution in [0.4, 0.5) is 0 Å². The first-order valence-electron chi connectivity index (χ1n) is 6.79.